The summed E-state index contributed by atoms with van der Waals surface area (Å²) < 4.78 is 16.3. The first-order chi connectivity index (χ1) is 12.2. The molecule has 1 aliphatic heterocycles. The first-order valence-electron chi connectivity index (χ1n) is 9.06. The zero-order chi connectivity index (χ0) is 19.5. The van der Waals surface area contributed by atoms with Gasteiger partial charge in [0, 0.05) is 24.0 Å². The fourth-order valence-corrected chi connectivity index (χ4v) is 3.19. The summed E-state index contributed by atoms with van der Waals surface area (Å²) in [7, 11) is 4.85. The molecule has 1 aromatic carbocycles. The molecule has 2 rings (SSSR count). The highest BCUT2D eigenvalue weighted by Gasteiger charge is 2.53. The smallest absolute Gasteiger partial charge is 0.203 e. The second-order valence-corrected chi connectivity index (χ2v) is 7.73. The number of guanidine groups is 1. The Bertz CT molecular complexity index is 649. The van der Waals surface area contributed by atoms with E-state index in [0.717, 1.165) is 24.6 Å². The van der Waals surface area contributed by atoms with Crippen LogP contribution >= 0.6 is 24.0 Å². The van der Waals surface area contributed by atoms with Gasteiger partial charge in [-0.1, -0.05) is 13.8 Å². The van der Waals surface area contributed by atoms with Gasteiger partial charge in [0.15, 0.2) is 17.5 Å². The number of ether oxygens (including phenoxy) is 3. The minimum Gasteiger partial charge on any atom is -0.493 e. The highest BCUT2D eigenvalue weighted by atomic mass is 127. The number of methoxy groups -OCH3 is 3. The van der Waals surface area contributed by atoms with Crippen LogP contribution in [0.3, 0.4) is 0 Å². The van der Waals surface area contributed by atoms with Crippen LogP contribution < -0.4 is 19.5 Å². The number of halogens is 1. The van der Waals surface area contributed by atoms with Crippen molar-refractivity contribution in [3.05, 3.63) is 17.7 Å². The molecule has 1 N–H and O–H groups in total. The van der Waals surface area contributed by atoms with Crippen LogP contribution in [-0.4, -0.2) is 50.8 Å². The number of rotatable bonds is 6. The number of likely N-dealkylation sites (tertiary alicyclic amines) is 1. The van der Waals surface area contributed by atoms with E-state index in [4.69, 9.17) is 19.2 Å². The minimum atomic E-state index is 0. The molecule has 0 saturated carbocycles. The summed E-state index contributed by atoms with van der Waals surface area (Å²) in [4.78, 5) is 7.19. The molecule has 0 aliphatic carbocycles. The molecule has 7 heteroatoms. The molecule has 1 heterocycles. The Kier molecular flexibility index (Phi) is 8.07. The van der Waals surface area contributed by atoms with Crippen LogP contribution in [0.2, 0.25) is 0 Å². The molecule has 0 aromatic heterocycles. The van der Waals surface area contributed by atoms with Crippen molar-refractivity contribution >= 4 is 29.9 Å². The topological polar surface area (TPSA) is 55.3 Å². The van der Waals surface area contributed by atoms with Gasteiger partial charge in [-0.3, -0.25) is 0 Å². The molecule has 0 amide bonds. The summed E-state index contributed by atoms with van der Waals surface area (Å²) in [6, 6.07) is 3.89. The van der Waals surface area contributed by atoms with Crippen LogP contribution in [-0.2, 0) is 6.54 Å². The quantitative estimate of drug-likeness (QED) is 0.372. The van der Waals surface area contributed by atoms with Crippen molar-refractivity contribution in [1.82, 2.24) is 10.2 Å². The molecule has 0 unspecified atom stereocenters. The maximum atomic E-state index is 5.43. The molecular formula is C20H34IN3O3. The Labute approximate surface area is 180 Å². The van der Waals surface area contributed by atoms with Crippen LogP contribution in [0.25, 0.3) is 0 Å². The molecule has 0 radical (unpaired) electrons. The standard InChI is InChI=1S/C20H33N3O3.HI/c1-9-21-18(23-13-19(2,3)20(23,4)5)22-12-14-10-15(24-6)17(26-8)16(11-14)25-7;/h10-11H,9,12-13H2,1-8H3,(H,21,22);1H. The lowest BCUT2D eigenvalue weighted by Gasteiger charge is -2.62. The lowest BCUT2D eigenvalue weighted by Crippen LogP contribution is -2.72. The maximum Gasteiger partial charge on any atom is 0.203 e. The molecule has 1 aromatic rings. The molecule has 6 nitrogen and oxygen atoms in total. The number of hydrogen-bond acceptors (Lipinski definition) is 4. The van der Waals surface area contributed by atoms with E-state index in [1.165, 1.54) is 0 Å². The van der Waals surface area contributed by atoms with E-state index >= 15 is 0 Å². The van der Waals surface area contributed by atoms with E-state index in [0.29, 0.717) is 23.8 Å². The number of aliphatic imine (C=N–C) groups is 1. The third-order valence-corrected chi connectivity index (χ3v) is 5.61. The lowest BCUT2D eigenvalue weighted by atomic mass is 9.65. The van der Waals surface area contributed by atoms with Crippen LogP contribution in [0.4, 0.5) is 0 Å². The number of nitrogens with zero attached hydrogens (tertiary/aromatic N) is 2. The largest absolute Gasteiger partial charge is 0.493 e. The Morgan fingerprint density at radius 1 is 1.07 bits per heavy atom. The average molecular weight is 491 g/mol. The molecule has 1 saturated heterocycles. The average Bonchev–Trinajstić information content (AvgIpc) is 2.62. The Morgan fingerprint density at radius 3 is 2.00 bits per heavy atom. The predicted molar refractivity (Wildman–Crippen MR) is 121 cm³/mol. The van der Waals surface area contributed by atoms with Gasteiger partial charge in [0.2, 0.25) is 5.75 Å². The molecule has 1 fully saturated rings. The second-order valence-electron chi connectivity index (χ2n) is 7.73. The third kappa shape index (κ3) is 4.55. The van der Waals surface area contributed by atoms with Gasteiger partial charge in [-0.05, 0) is 38.5 Å². The third-order valence-electron chi connectivity index (χ3n) is 5.61. The van der Waals surface area contributed by atoms with Gasteiger partial charge in [-0.25, -0.2) is 4.99 Å². The molecule has 0 spiro atoms. The van der Waals surface area contributed by atoms with Gasteiger partial charge in [-0.2, -0.15) is 0 Å². The Balaban J connectivity index is 0.00000364. The van der Waals surface area contributed by atoms with Gasteiger partial charge >= 0.3 is 0 Å². The molecular weight excluding hydrogens is 457 g/mol. The maximum absolute atomic E-state index is 5.43. The number of nitrogens with one attached hydrogen (secondary N) is 1. The van der Waals surface area contributed by atoms with Crippen LogP contribution in [0.5, 0.6) is 17.2 Å². The highest BCUT2D eigenvalue weighted by Crippen LogP contribution is 2.46. The van der Waals surface area contributed by atoms with E-state index in [-0.39, 0.29) is 34.9 Å². The van der Waals surface area contributed by atoms with Crippen LogP contribution in [0.1, 0.15) is 40.2 Å². The fraction of sp³-hybridized carbons (Fsp3) is 0.650. The lowest BCUT2D eigenvalue weighted by molar-refractivity contribution is -0.0667. The van der Waals surface area contributed by atoms with E-state index in [2.05, 4.69) is 44.8 Å². The van der Waals surface area contributed by atoms with E-state index < -0.39 is 0 Å². The van der Waals surface area contributed by atoms with Crippen molar-refractivity contribution in [2.24, 2.45) is 10.4 Å². The van der Waals surface area contributed by atoms with Gasteiger partial charge in [0.1, 0.15) is 0 Å². The van der Waals surface area contributed by atoms with Crippen molar-refractivity contribution in [2.45, 2.75) is 46.7 Å². The molecule has 154 valence electrons. The summed E-state index contributed by atoms with van der Waals surface area (Å²) in [6.07, 6.45) is 0. The minimum absolute atomic E-state index is 0. The first kappa shape index (κ1) is 23.7. The molecule has 0 bridgehead atoms. The zero-order valence-corrected chi connectivity index (χ0v) is 20.1. The Hall–Kier alpha value is -1.38. The monoisotopic (exact) mass is 491 g/mol. The van der Waals surface area contributed by atoms with Gasteiger partial charge < -0.3 is 24.4 Å². The highest BCUT2D eigenvalue weighted by molar-refractivity contribution is 14.0. The van der Waals surface area contributed by atoms with Crippen molar-refractivity contribution < 1.29 is 14.2 Å². The molecule has 0 atom stereocenters. The predicted octanol–water partition coefficient (Wildman–Crippen LogP) is 3.92. The van der Waals surface area contributed by atoms with Crippen molar-refractivity contribution in [1.29, 1.82) is 0 Å². The summed E-state index contributed by atoms with van der Waals surface area (Å²) >= 11 is 0. The number of benzene rings is 1. The SMILES string of the molecule is CCNC(=NCc1cc(OC)c(OC)c(OC)c1)N1CC(C)(C)C1(C)C.I. The van der Waals surface area contributed by atoms with Crippen molar-refractivity contribution in [2.75, 3.05) is 34.4 Å². The zero-order valence-electron chi connectivity index (χ0n) is 17.8. The van der Waals surface area contributed by atoms with Crippen LogP contribution in [0.15, 0.2) is 17.1 Å². The van der Waals surface area contributed by atoms with E-state index in [1.807, 2.05) is 12.1 Å². The Morgan fingerprint density at radius 2 is 1.63 bits per heavy atom. The second kappa shape index (κ2) is 9.21. The molecule has 1 aliphatic rings. The fourth-order valence-electron chi connectivity index (χ4n) is 3.19. The summed E-state index contributed by atoms with van der Waals surface area (Å²) in [5.41, 5.74) is 1.33. The van der Waals surface area contributed by atoms with Crippen molar-refractivity contribution in [3.63, 3.8) is 0 Å². The van der Waals surface area contributed by atoms with E-state index in [9.17, 15) is 0 Å². The van der Waals surface area contributed by atoms with Crippen LogP contribution in [0, 0.1) is 5.41 Å². The summed E-state index contributed by atoms with van der Waals surface area (Å²) in [5.74, 6) is 2.82. The van der Waals surface area contributed by atoms with Gasteiger partial charge in [0.25, 0.3) is 0 Å². The van der Waals surface area contributed by atoms with E-state index in [1.54, 1.807) is 21.3 Å². The molecule has 27 heavy (non-hydrogen) atoms. The van der Waals surface area contributed by atoms with Gasteiger partial charge in [-0.15, -0.1) is 24.0 Å². The summed E-state index contributed by atoms with van der Waals surface area (Å²) in [5, 5.41) is 3.42. The van der Waals surface area contributed by atoms with Crippen molar-refractivity contribution in [3.8, 4) is 17.2 Å². The number of hydrogen-bond donors (Lipinski definition) is 1. The first-order valence-corrected chi connectivity index (χ1v) is 9.06. The normalized spacial score (nSPS) is 17.5. The summed E-state index contributed by atoms with van der Waals surface area (Å²) in [6.45, 7) is 13.6. The van der Waals surface area contributed by atoms with Gasteiger partial charge in [0.05, 0.1) is 27.9 Å².